The van der Waals surface area contributed by atoms with Gasteiger partial charge in [-0.3, -0.25) is 14.9 Å². The summed E-state index contributed by atoms with van der Waals surface area (Å²) in [5.74, 6) is 2.34. The van der Waals surface area contributed by atoms with Crippen LogP contribution in [0.1, 0.15) is 75.1 Å². The second kappa shape index (κ2) is 7.54. The minimum Gasteiger partial charge on any atom is -0.371 e. The Kier molecular flexibility index (Phi) is 4.98. The molecule has 1 aromatic rings. The number of rotatable bonds is 5. The summed E-state index contributed by atoms with van der Waals surface area (Å²) >= 11 is 0. The first kappa shape index (κ1) is 19.8. The molecule has 4 bridgehead atoms. The Morgan fingerprint density at radius 1 is 1.10 bits per heavy atom. The van der Waals surface area contributed by atoms with E-state index in [1.165, 1.54) is 57.1 Å². The molecule has 1 heterocycles. The van der Waals surface area contributed by atoms with Crippen LogP contribution in [0.5, 0.6) is 0 Å². The summed E-state index contributed by atoms with van der Waals surface area (Å²) in [7, 11) is 0. The third-order valence-corrected chi connectivity index (χ3v) is 8.48. The van der Waals surface area contributed by atoms with Crippen molar-refractivity contribution in [3.05, 3.63) is 33.9 Å². The first-order valence-electron chi connectivity index (χ1n) is 11.8. The monoisotopic (exact) mass is 411 g/mol. The van der Waals surface area contributed by atoms with Gasteiger partial charge in [0.2, 0.25) is 0 Å². The first-order valence-corrected chi connectivity index (χ1v) is 11.8. The van der Waals surface area contributed by atoms with E-state index in [1.807, 2.05) is 0 Å². The van der Waals surface area contributed by atoms with Crippen LogP contribution in [0, 0.1) is 33.3 Å². The average molecular weight is 412 g/mol. The van der Waals surface area contributed by atoms with Gasteiger partial charge in [0.05, 0.1) is 16.2 Å². The molecule has 4 aliphatic carbocycles. The average Bonchev–Trinajstić information content (AvgIpc) is 2.73. The fraction of sp³-hybridized carbons (Fsp3) is 0.708. The molecule has 6 heteroatoms. The lowest BCUT2D eigenvalue weighted by Crippen LogP contribution is -2.55. The second-order valence-electron chi connectivity index (χ2n) is 10.5. The number of benzene rings is 1. The van der Waals surface area contributed by atoms with Crippen molar-refractivity contribution < 1.29 is 9.72 Å². The SMILES string of the molecule is C[C@H](NC(=O)c1cc([N+](=O)[O-])ccc1N1CCCCC1)C12CC3CC(CC(C3)C1)C2. The van der Waals surface area contributed by atoms with E-state index in [-0.39, 0.29) is 23.1 Å². The van der Waals surface area contributed by atoms with Crippen molar-refractivity contribution >= 4 is 17.3 Å². The van der Waals surface area contributed by atoms with E-state index in [0.29, 0.717) is 5.56 Å². The predicted molar refractivity (Wildman–Crippen MR) is 117 cm³/mol. The van der Waals surface area contributed by atoms with Gasteiger partial charge in [-0.1, -0.05) is 0 Å². The maximum Gasteiger partial charge on any atom is 0.270 e. The Morgan fingerprint density at radius 3 is 2.27 bits per heavy atom. The Labute approximate surface area is 178 Å². The van der Waals surface area contributed by atoms with Crippen molar-refractivity contribution in [1.29, 1.82) is 0 Å². The summed E-state index contributed by atoms with van der Waals surface area (Å²) in [5, 5.41) is 14.7. The molecule has 1 atom stereocenters. The zero-order chi connectivity index (χ0) is 20.9. The van der Waals surface area contributed by atoms with Crippen molar-refractivity contribution in [3.63, 3.8) is 0 Å². The van der Waals surface area contributed by atoms with Crippen LogP contribution in [0.2, 0.25) is 0 Å². The number of nitro groups is 1. The third kappa shape index (κ3) is 3.48. The van der Waals surface area contributed by atoms with Gasteiger partial charge >= 0.3 is 0 Å². The van der Waals surface area contributed by atoms with E-state index in [1.54, 1.807) is 6.07 Å². The van der Waals surface area contributed by atoms with Gasteiger partial charge in [0.25, 0.3) is 11.6 Å². The van der Waals surface area contributed by atoms with E-state index in [0.717, 1.165) is 49.4 Å². The lowest BCUT2D eigenvalue weighted by atomic mass is 9.48. The lowest BCUT2D eigenvalue weighted by Gasteiger charge is -2.59. The molecule has 6 nitrogen and oxygen atoms in total. The highest BCUT2D eigenvalue weighted by Gasteiger charge is 2.53. The van der Waals surface area contributed by atoms with Crippen LogP contribution in [0.4, 0.5) is 11.4 Å². The van der Waals surface area contributed by atoms with Crippen LogP contribution in [-0.2, 0) is 0 Å². The Balaban J connectivity index is 1.39. The summed E-state index contributed by atoms with van der Waals surface area (Å²) in [6, 6.07) is 4.88. The Hall–Kier alpha value is -2.11. The summed E-state index contributed by atoms with van der Waals surface area (Å²) in [6.07, 6.45) is 11.2. The van der Waals surface area contributed by atoms with Crippen LogP contribution in [0.25, 0.3) is 0 Å². The number of hydrogen-bond donors (Lipinski definition) is 1. The molecule has 0 aromatic heterocycles. The normalized spacial score (nSPS) is 33.4. The number of nitro benzene ring substituents is 1. The van der Waals surface area contributed by atoms with Crippen molar-refractivity contribution in [1.82, 2.24) is 5.32 Å². The Morgan fingerprint density at radius 2 is 1.70 bits per heavy atom. The standard InChI is InChI=1S/C24H33N3O3/c1-16(24-13-17-9-18(14-24)11-19(10-17)15-24)25-23(28)21-12-20(27(29)30)5-6-22(21)26-7-3-2-4-8-26/h5-6,12,16-19H,2-4,7-11,13-15H2,1H3,(H,25,28)/t16-,17?,18?,19?,24?/m0/s1. The van der Waals surface area contributed by atoms with Crippen LogP contribution in [-0.4, -0.2) is 30.0 Å². The zero-order valence-corrected chi connectivity index (χ0v) is 17.9. The number of non-ortho nitro benzene ring substituents is 1. The van der Waals surface area contributed by atoms with E-state index < -0.39 is 4.92 Å². The molecule has 6 rings (SSSR count). The van der Waals surface area contributed by atoms with Gasteiger partial charge in [-0.15, -0.1) is 0 Å². The quantitative estimate of drug-likeness (QED) is 0.551. The third-order valence-electron chi connectivity index (χ3n) is 8.48. The second-order valence-corrected chi connectivity index (χ2v) is 10.5. The zero-order valence-electron chi connectivity index (χ0n) is 17.9. The van der Waals surface area contributed by atoms with Gasteiger partial charge in [0.1, 0.15) is 0 Å². The van der Waals surface area contributed by atoms with Crippen LogP contribution in [0.15, 0.2) is 18.2 Å². The number of carbonyl (C=O) groups is 1. The molecule has 0 unspecified atom stereocenters. The van der Waals surface area contributed by atoms with Crippen molar-refractivity contribution in [2.75, 3.05) is 18.0 Å². The smallest absolute Gasteiger partial charge is 0.270 e. The van der Waals surface area contributed by atoms with E-state index in [4.69, 9.17) is 0 Å². The number of hydrogen-bond acceptors (Lipinski definition) is 4. The molecule has 5 aliphatic rings. The number of nitrogens with one attached hydrogen (secondary N) is 1. The minimum absolute atomic E-state index is 0.0108. The molecule has 1 aromatic carbocycles. The van der Waals surface area contributed by atoms with Crippen molar-refractivity contribution in [3.8, 4) is 0 Å². The highest BCUT2D eigenvalue weighted by molar-refractivity contribution is 6.00. The first-order chi connectivity index (χ1) is 14.4. The van der Waals surface area contributed by atoms with Crippen LogP contribution >= 0.6 is 0 Å². The fourth-order valence-electron chi connectivity index (χ4n) is 7.37. The molecule has 1 aliphatic heterocycles. The summed E-state index contributed by atoms with van der Waals surface area (Å²) < 4.78 is 0. The lowest BCUT2D eigenvalue weighted by molar-refractivity contribution is -0.384. The van der Waals surface area contributed by atoms with Gasteiger partial charge < -0.3 is 10.2 Å². The molecular weight excluding hydrogens is 378 g/mol. The molecule has 1 N–H and O–H groups in total. The number of piperidine rings is 1. The molecule has 5 fully saturated rings. The Bertz CT molecular complexity index is 811. The van der Waals surface area contributed by atoms with Gasteiger partial charge in [0.15, 0.2) is 0 Å². The summed E-state index contributed by atoms with van der Waals surface area (Å²) in [6.45, 7) is 3.98. The molecule has 162 valence electrons. The van der Waals surface area contributed by atoms with Crippen molar-refractivity contribution in [2.24, 2.45) is 23.2 Å². The molecule has 1 saturated heterocycles. The van der Waals surface area contributed by atoms with Gasteiger partial charge in [0, 0.05) is 31.3 Å². The maximum atomic E-state index is 13.4. The molecule has 0 radical (unpaired) electrons. The maximum absolute atomic E-state index is 13.4. The molecule has 1 amide bonds. The number of anilines is 1. The van der Waals surface area contributed by atoms with Gasteiger partial charge in [-0.2, -0.15) is 0 Å². The molecule has 30 heavy (non-hydrogen) atoms. The van der Waals surface area contributed by atoms with Crippen LogP contribution in [0.3, 0.4) is 0 Å². The highest BCUT2D eigenvalue weighted by Crippen LogP contribution is 2.61. The molecule has 0 spiro atoms. The van der Waals surface area contributed by atoms with Gasteiger partial charge in [-0.05, 0) is 93.9 Å². The molecule has 4 saturated carbocycles. The topological polar surface area (TPSA) is 75.5 Å². The predicted octanol–water partition coefficient (Wildman–Crippen LogP) is 4.92. The van der Waals surface area contributed by atoms with Gasteiger partial charge in [-0.25, -0.2) is 0 Å². The largest absolute Gasteiger partial charge is 0.371 e. The number of nitrogens with zero attached hydrogens (tertiary/aromatic N) is 2. The van der Waals surface area contributed by atoms with E-state index in [2.05, 4.69) is 17.1 Å². The van der Waals surface area contributed by atoms with Crippen LogP contribution < -0.4 is 10.2 Å². The van der Waals surface area contributed by atoms with E-state index >= 15 is 0 Å². The molecular formula is C24H33N3O3. The summed E-state index contributed by atoms with van der Waals surface area (Å²) in [4.78, 5) is 26.6. The summed E-state index contributed by atoms with van der Waals surface area (Å²) in [5.41, 5.74) is 1.51. The minimum atomic E-state index is -0.403. The number of amides is 1. The fourth-order valence-corrected chi connectivity index (χ4v) is 7.37. The highest BCUT2D eigenvalue weighted by atomic mass is 16.6. The number of carbonyl (C=O) groups excluding carboxylic acids is 1. The van der Waals surface area contributed by atoms with Crippen molar-refractivity contribution in [2.45, 2.75) is 70.8 Å². The van der Waals surface area contributed by atoms with E-state index in [9.17, 15) is 14.9 Å².